The highest BCUT2D eigenvalue weighted by Crippen LogP contribution is 2.52. The van der Waals surface area contributed by atoms with E-state index >= 15 is 0 Å². The van der Waals surface area contributed by atoms with Gasteiger partial charge in [-0.15, -0.1) is 0 Å². The van der Waals surface area contributed by atoms with Crippen molar-refractivity contribution >= 4 is 10.9 Å². The van der Waals surface area contributed by atoms with Gasteiger partial charge < -0.3 is 14.4 Å². The molecule has 2 aromatic heterocycles. The summed E-state index contributed by atoms with van der Waals surface area (Å²) >= 11 is 0. The van der Waals surface area contributed by atoms with Gasteiger partial charge in [-0.3, -0.25) is 9.78 Å². The van der Waals surface area contributed by atoms with Crippen LogP contribution in [0.3, 0.4) is 0 Å². The second kappa shape index (κ2) is 6.82. The Morgan fingerprint density at radius 1 is 1.19 bits per heavy atom. The average molecular weight is 432 g/mol. The number of aromatic nitrogens is 2. The smallest absolute Gasteiger partial charge is 0.419 e. The van der Waals surface area contributed by atoms with Gasteiger partial charge in [0.05, 0.1) is 17.4 Å². The van der Waals surface area contributed by atoms with Crippen LogP contribution < -0.4 is 10.2 Å². The van der Waals surface area contributed by atoms with Gasteiger partial charge in [-0.05, 0) is 45.4 Å². The van der Waals surface area contributed by atoms with Crippen molar-refractivity contribution in [3.05, 3.63) is 69.3 Å². The van der Waals surface area contributed by atoms with E-state index in [2.05, 4.69) is 4.98 Å². The second-order valence-corrected chi connectivity index (χ2v) is 8.66. The lowest BCUT2D eigenvalue weighted by atomic mass is 9.77. The molecule has 1 N–H and O–H groups in total. The molecule has 5 nitrogen and oxygen atoms in total. The highest BCUT2D eigenvalue weighted by molar-refractivity contribution is 5.78. The zero-order chi connectivity index (χ0) is 22.8. The molecule has 4 rings (SSSR count). The van der Waals surface area contributed by atoms with E-state index in [-0.39, 0.29) is 21.9 Å². The third-order valence-corrected chi connectivity index (χ3v) is 5.97. The summed E-state index contributed by atoms with van der Waals surface area (Å²) in [6.07, 6.45) is -1.54. The number of aliphatic hydroxyl groups is 1. The van der Waals surface area contributed by atoms with Crippen LogP contribution in [0.1, 0.15) is 35.6 Å². The van der Waals surface area contributed by atoms with Gasteiger partial charge in [-0.25, -0.2) is 0 Å². The Morgan fingerprint density at radius 2 is 1.90 bits per heavy atom. The van der Waals surface area contributed by atoms with Crippen LogP contribution in [0.5, 0.6) is 5.75 Å². The number of pyridine rings is 2. The monoisotopic (exact) mass is 432 g/mol. The molecular weight excluding hydrogens is 409 g/mol. The number of ether oxygens (including phenoxy) is 1. The number of alkyl halides is 3. The van der Waals surface area contributed by atoms with E-state index < -0.39 is 30.3 Å². The molecule has 1 aliphatic heterocycles. The molecule has 1 aliphatic rings. The fourth-order valence-corrected chi connectivity index (χ4v) is 4.45. The van der Waals surface area contributed by atoms with E-state index in [1.165, 1.54) is 36.1 Å². The molecule has 31 heavy (non-hydrogen) atoms. The van der Waals surface area contributed by atoms with Gasteiger partial charge in [0.25, 0.3) is 0 Å². The van der Waals surface area contributed by atoms with Crippen molar-refractivity contribution in [2.45, 2.75) is 58.0 Å². The predicted molar refractivity (Wildman–Crippen MR) is 110 cm³/mol. The molecule has 0 bridgehead atoms. The van der Waals surface area contributed by atoms with Crippen molar-refractivity contribution in [1.82, 2.24) is 9.55 Å². The van der Waals surface area contributed by atoms with Gasteiger partial charge in [0.1, 0.15) is 11.4 Å². The summed E-state index contributed by atoms with van der Waals surface area (Å²) in [5.74, 6) is 0.563. The van der Waals surface area contributed by atoms with E-state index in [1.54, 1.807) is 13.0 Å². The van der Waals surface area contributed by atoms with Gasteiger partial charge in [-0.1, -0.05) is 11.6 Å². The molecular formula is C23H23F3N2O3. The number of aryl methyl sites for hydroxylation is 3. The summed E-state index contributed by atoms with van der Waals surface area (Å²) in [6, 6.07) is 5.17. The number of rotatable bonds is 4. The molecule has 8 heteroatoms. The van der Waals surface area contributed by atoms with Crippen LogP contribution in [-0.2, 0) is 12.1 Å². The summed E-state index contributed by atoms with van der Waals surface area (Å²) in [4.78, 5) is 16.3. The molecule has 0 aliphatic carbocycles. The molecule has 0 spiro atoms. The number of nitrogens with zero attached hydrogens (tertiary/aromatic N) is 2. The van der Waals surface area contributed by atoms with Crippen LogP contribution in [-0.4, -0.2) is 26.4 Å². The fraction of sp³-hybridized carbons (Fsp3) is 0.391. The molecule has 164 valence electrons. The van der Waals surface area contributed by atoms with Gasteiger partial charge in [0, 0.05) is 36.1 Å². The van der Waals surface area contributed by atoms with Crippen LogP contribution in [0.15, 0.2) is 41.6 Å². The molecule has 0 saturated heterocycles. The lowest BCUT2D eigenvalue weighted by Gasteiger charge is -2.47. The molecule has 2 unspecified atom stereocenters. The molecule has 0 fully saturated rings. The Balaban J connectivity index is 1.78. The maximum atomic E-state index is 14.2. The number of hydrogen-bond donors (Lipinski definition) is 1. The molecule has 3 heterocycles. The summed E-state index contributed by atoms with van der Waals surface area (Å²) in [5.41, 5.74) is -1.72. The number of fused-ring (bicyclic) bond motifs is 2. The van der Waals surface area contributed by atoms with Crippen LogP contribution >= 0.6 is 0 Å². The first-order valence-corrected chi connectivity index (χ1v) is 9.88. The zero-order valence-corrected chi connectivity index (χ0v) is 17.7. The SMILES string of the molecule is Cc1cc(C)c2c(c1)C(C)(CC(O)(Cn1cc(C)c(=O)c3cnccc31)C(F)(F)F)O2. The second-order valence-electron chi connectivity index (χ2n) is 8.66. The molecule has 0 radical (unpaired) electrons. The van der Waals surface area contributed by atoms with E-state index in [0.29, 0.717) is 11.3 Å². The summed E-state index contributed by atoms with van der Waals surface area (Å²) < 4.78 is 49.7. The van der Waals surface area contributed by atoms with Crippen molar-refractivity contribution in [3.8, 4) is 5.75 Å². The molecule has 0 amide bonds. The summed E-state index contributed by atoms with van der Waals surface area (Å²) in [5, 5.41) is 11.2. The van der Waals surface area contributed by atoms with Crippen molar-refractivity contribution in [3.63, 3.8) is 0 Å². The first-order valence-electron chi connectivity index (χ1n) is 9.88. The van der Waals surface area contributed by atoms with E-state index in [9.17, 15) is 23.1 Å². The normalized spacial score (nSPS) is 20.0. The Hall–Kier alpha value is -2.87. The molecule has 2 atom stereocenters. The van der Waals surface area contributed by atoms with Crippen molar-refractivity contribution < 1.29 is 23.0 Å². The minimum atomic E-state index is -4.93. The minimum absolute atomic E-state index is 0.203. The first-order chi connectivity index (χ1) is 14.3. The van der Waals surface area contributed by atoms with Crippen LogP contribution in [0.4, 0.5) is 13.2 Å². The maximum absolute atomic E-state index is 14.2. The van der Waals surface area contributed by atoms with Crippen molar-refractivity contribution in [2.75, 3.05) is 0 Å². The Bertz CT molecular complexity index is 1250. The van der Waals surface area contributed by atoms with Crippen molar-refractivity contribution in [1.29, 1.82) is 0 Å². The summed E-state index contributed by atoms with van der Waals surface area (Å²) in [7, 11) is 0. The number of hydrogen-bond acceptors (Lipinski definition) is 4. The highest BCUT2D eigenvalue weighted by atomic mass is 19.4. The van der Waals surface area contributed by atoms with Gasteiger partial charge in [0.2, 0.25) is 0 Å². The first kappa shape index (κ1) is 21.4. The van der Waals surface area contributed by atoms with E-state index in [0.717, 1.165) is 11.1 Å². The van der Waals surface area contributed by atoms with Gasteiger partial charge in [-0.2, -0.15) is 13.2 Å². The Morgan fingerprint density at radius 3 is 2.58 bits per heavy atom. The van der Waals surface area contributed by atoms with Crippen LogP contribution in [0, 0.1) is 20.8 Å². The van der Waals surface area contributed by atoms with Crippen LogP contribution in [0.2, 0.25) is 0 Å². The number of halogens is 3. The highest BCUT2D eigenvalue weighted by Gasteiger charge is 2.60. The lowest BCUT2D eigenvalue weighted by Crippen LogP contribution is -2.56. The molecule has 3 aromatic rings. The lowest BCUT2D eigenvalue weighted by molar-refractivity contribution is -0.280. The number of benzene rings is 1. The Kier molecular flexibility index (Phi) is 4.70. The standard InChI is InChI=1S/C23H23F3N2O3/c1-13-7-14(2)20-17(8-13)21(4,31-20)11-22(30,23(24,25)26)12-28-10-15(3)19(29)16-9-27-6-5-18(16)28/h5-10,30H,11-12H2,1-4H3. The van der Waals surface area contributed by atoms with E-state index in [1.807, 2.05) is 19.9 Å². The van der Waals surface area contributed by atoms with E-state index in [4.69, 9.17) is 4.74 Å². The van der Waals surface area contributed by atoms with Crippen molar-refractivity contribution in [2.24, 2.45) is 0 Å². The third-order valence-electron chi connectivity index (χ3n) is 5.97. The quantitative estimate of drug-likeness (QED) is 0.667. The van der Waals surface area contributed by atoms with Gasteiger partial charge in [0.15, 0.2) is 11.0 Å². The average Bonchev–Trinajstić information content (AvgIpc) is 2.67. The topological polar surface area (TPSA) is 64.4 Å². The Labute approximate surface area is 177 Å². The largest absolute Gasteiger partial charge is 0.482 e. The summed E-state index contributed by atoms with van der Waals surface area (Å²) in [6.45, 7) is 6.01. The maximum Gasteiger partial charge on any atom is 0.419 e. The van der Waals surface area contributed by atoms with Gasteiger partial charge >= 0.3 is 6.18 Å². The predicted octanol–water partition coefficient (Wildman–Crippen LogP) is 4.31. The molecule has 1 aromatic carbocycles. The molecule has 0 saturated carbocycles. The van der Waals surface area contributed by atoms with Crippen LogP contribution in [0.25, 0.3) is 10.9 Å². The fourth-order valence-electron chi connectivity index (χ4n) is 4.45. The third kappa shape index (κ3) is 3.39. The zero-order valence-electron chi connectivity index (χ0n) is 17.7. The minimum Gasteiger partial charge on any atom is -0.482 e.